The molecule has 24 heavy (non-hydrogen) atoms. The zero-order valence-corrected chi connectivity index (χ0v) is 13.3. The van der Waals surface area contributed by atoms with Gasteiger partial charge in [-0.1, -0.05) is 54.6 Å². The molecule has 0 spiro atoms. The van der Waals surface area contributed by atoms with E-state index in [-0.39, 0.29) is 0 Å². The van der Waals surface area contributed by atoms with E-state index < -0.39 is 17.5 Å². The summed E-state index contributed by atoms with van der Waals surface area (Å²) in [6.07, 6.45) is 8.51. The van der Waals surface area contributed by atoms with Crippen molar-refractivity contribution in [3.8, 4) is 0 Å². The number of benzene rings is 1. The number of rotatable bonds is 5. The summed E-state index contributed by atoms with van der Waals surface area (Å²) >= 11 is 0. The van der Waals surface area contributed by atoms with Gasteiger partial charge in [0.05, 0.1) is 0 Å². The summed E-state index contributed by atoms with van der Waals surface area (Å²) in [6.45, 7) is 2.58. The normalized spacial score (nSPS) is 21.5. The lowest BCUT2D eigenvalue weighted by Gasteiger charge is -2.43. The van der Waals surface area contributed by atoms with Crippen LogP contribution >= 0.6 is 0 Å². The first-order valence-electron chi connectivity index (χ1n) is 8.01. The first-order valence-corrected chi connectivity index (χ1v) is 8.01. The molecular weight excluding hydrogens is 306 g/mol. The number of nitrogens with zero attached hydrogens (tertiary/aromatic N) is 2. The van der Waals surface area contributed by atoms with Crippen LogP contribution in [0.2, 0.25) is 0 Å². The van der Waals surface area contributed by atoms with Crippen LogP contribution in [0.1, 0.15) is 11.6 Å². The molecule has 0 aromatic heterocycles. The van der Waals surface area contributed by atoms with Gasteiger partial charge >= 0.3 is 0 Å². The summed E-state index contributed by atoms with van der Waals surface area (Å²) in [5.41, 5.74) is 1.95. The number of allylic oxidation sites excluding steroid dienone is 2. The molecule has 1 fully saturated rings. The summed E-state index contributed by atoms with van der Waals surface area (Å²) < 4.78 is 0. The molecule has 1 atom stereocenters. The van der Waals surface area contributed by atoms with Crippen molar-refractivity contribution < 1.29 is 14.8 Å². The minimum Gasteiger partial charge on any atom is -0.301 e. The Morgan fingerprint density at radius 3 is 2.29 bits per heavy atom. The van der Waals surface area contributed by atoms with Crippen LogP contribution in [0.4, 0.5) is 0 Å². The zero-order chi connectivity index (χ0) is 17.0. The van der Waals surface area contributed by atoms with Gasteiger partial charge in [-0.2, -0.15) is 0 Å². The standard InChI is InChI=1S/C18H21N3O3/c22-14-18(8-4-5-9-18)21-12-10-20(11-13-21)16(17(23)19-24)15-6-2-1-3-7-15/h1-9,14,16,24H,10-13H2,(H,19,23). The first-order chi connectivity index (χ1) is 11.7. The summed E-state index contributed by atoms with van der Waals surface area (Å²) in [5.74, 6) is -0.444. The van der Waals surface area contributed by atoms with Gasteiger partial charge in [-0.3, -0.25) is 19.8 Å². The molecule has 6 nitrogen and oxygen atoms in total. The lowest BCUT2D eigenvalue weighted by Crippen LogP contribution is -2.57. The third-order valence-corrected chi connectivity index (χ3v) is 4.73. The number of hydroxylamine groups is 1. The highest BCUT2D eigenvalue weighted by Gasteiger charge is 2.37. The Kier molecular flexibility index (Phi) is 4.89. The minimum atomic E-state index is -0.659. The van der Waals surface area contributed by atoms with Gasteiger partial charge in [-0.25, -0.2) is 5.48 Å². The molecule has 1 aromatic rings. The Labute approximate surface area is 141 Å². The van der Waals surface area contributed by atoms with Crippen LogP contribution in [0.5, 0.6) is 0 Å². The topological polar surface area (TPSA) is 72.9 Å². The third kappa shape index (κ3) is 3.03. The van der Waals surface area contributed by atoms with E-state index in [4.69, 9.17) is 5.21 Å². The number of nitrogens with one attached hydrogen (secondary N) is 1. The average Bonchev–Trinajstić information content (AvgIpc) is 3.13. The van der Waals surface area contributed by atoms with E-state index in [0.29, 0.717) is 26.2 Å². The van der Waals surface area contributed by atoms with E-state index in [1.165, 1.54) is 0 Å². The van der Waals surface area contributed by atoms with E-state index in [2.05, 4.69) is 4.90 Å². The van der Waals surface area contributed by atoms with Crippen LogP contribution in [0.3, 0.4) is 0 Å². The number of aldehydes is 1. The van der Waals surface area contributed by atoms with Crippen molar-refractivity contribution in [1.82, 2.24) is 15.3 Å². The van der Waals surface area contributed by atoms with Gasteiger partial charge in [0.2, 0.25) is 0 Å². The molecule has 1 heterocycles. The van der Waals surface area contributed by atoms with Crippen molar-refractivity contribution >= 4 is 12.2 Å². The maximum atomic E-state index is 12.2. The van der Waals surface area contributed by atoms with Crippen molar-refractivity contribution in [2.75, 3.05) is 26.2 Å². The van der Waals surface area contributed by atoms with Crippen LogP contribution in [0, 0.1) is 0 Å². The second-order valence-electron chi connectivity index (χ2n) is 6.04. The Morgan fingerprint density at radius 2 is 1.75 bits per heavy atom. The van der Waals surface area contributed by atoms with Crippen LogP contribution in [-0.2, 0) is 9.59 Å². The van der Waals surface area contributed by atoms with Crippen LogP contribution in [-0.4, -0.2) is 58.9 Å². The summed E-state index contributed by atoms with van der Waals surface area (Å²) in [6, 6.07) is 8.85. The molecule has 1 aliphatic carbocycles. The van der Waals surface area contributed by atoms with E-state index in [9.17, 15) is 9.59 Å². The highest BCUT2D eigenvalue weighted by Crippen LogP contribution is 2.27. The third-order valence-electron chi connectivity index (χ3n) is 4.73. The molecule has 0 radical (unpaired) electrons. The first kappa shape index (κ1) is 16.6. The molecule has 0 saturated carbocycles. The summed E-state index contributed by atoms with van der Waals surface area (Å²) in [4.78, 5) is 27.9. The number of carbonyl (C=O) groups is 2. The quantitative estimate of drug-likeness (QED) is 0.478. The fourth-order valence-electron chi connectivity index (χ4n) is 3.43. The van der Waals surface area contributed by atoms with E-state index >= 15 is 0 Å². The molecule has 2 N–H and O–H groups in total. The molecule has 1 aromatic carbocycles. The molecule has 2 aliphatic rings. The van der Waals surface area contributed by atoms with Crippen molar-refractivity contribution in [2.24, 2.45) is 0 Å². The highest BCUT2D eigenvalue weighted by molar-refractivity contribution is 5.82. The molecule has 126 valence electrons. The maximum Gasteiger partial charge on any atom is 0.265 e. The molecular formula is C18H21N3O3. The Hall–Kier alpha value is -2.28. The molecule has 6 heteroatoms. The maximum absolute atomic E-state index is 12.2. The van der Waals surface area contributed by atoms with E-state index in [1.54, 1.807) is 5.48 Å². The second kappa shape index (κ2) is 7.09. The van der Waals surface area contributed by atoms with Crippen molar-refractivity contribution in [2.45, 2.75) is 11.6 Å². The van der Waals surface area contributed by atoms with Gasteiger partial charge in [0.15, 0.2) is 0 Å². The minimum absolute atomic E-state index is 0.444. The molecule has 1 saturated heterocycles. The number of hydrogen-bond donors (Lipinski definition) is 2. The fourth-order valence-corrected chi connectivity index (χ4v) is 3.43. The average molecular weight is 327 g/mol. The van der Waals surface area contributed by atoms with Crippen LogP contribution < -0.4 is 5.48 Å². The summed E-state index contributed by atoms with van der Waals surface area (Å²) in [7, 11) is 0. The molecule has 0 bridgehead atoms. The van der Waals surface area contributed by atoms with Gasteiger partial charge in [0.25, 0.3) is 5.91 Å². The summed E-state index contributed by atoms with van der Waals surface area (Å²) in [5, 5.41) is 9.10. The fraction of sp³-hybridized carbons (Fsp3) is 0.333. The second-order valence-corrected chi connectivity index (χ2v) is 6.04. The monoisotopic (exact) mass is 327 g/mol. The predicted molar refractivity (Wildman–Crippen MR) is 89.3 cm³/mol. The van der Waals surface area contributed by atoms with Gasteiger partial charge in [0, 0.05) is 26.2 Å². The smallest absolute Gasteiger partial charge is 0.265 e. The van der Waals surface area contributed by atoms with Gasteiger partial charge in [0.1, 0.15) is 17.9 Å². The molecule has 3 rings (SSSR count). The van der Waals surface area contributed by atoms with Crippen LogP contribution in [0.25, 0.3) is 0 Å². The lowest BCUT2D eigenvalue weighted by molar-refractivity contribution is -0.136. The van der Waals surface area contributed by atoms with Crippen molar-refractivity contribution in [1.29, 1.82) is 0 Å². The Bertz CT molecular complexity index is 637. The lowest BCUT2D eigenvalue weighted by atomic mass is 9.99. The van der Waals surface area contributed by atoms with Gasteiger partial charge in [-0.15, -0.1) is 0 Å². The Balaban J connectivity index is 1.74. The zero-order valence-electron chi connectivity index (χ0n) is 13.3. The number of carbonyl (C=O) groups excluding carboxylic acids is 2. The number of hydrogen-bond acceptors (Lipinski definition) is 5. The largest absolute Gasteiger partial charge is 0.301 e. The van der Waals surface area contributed by atoms with Gasteiger partial charge in [-0.05, 0) is 5.56 Å². The predicted octanol–water partition coefficient (Wildman–Crippen LogP) is 0.914. The molecule has 1 aliphatic heterocycles. The van der Waals surface area contributed by atoms with E-state index in [0.717, 1.165) is 11.8 Å². The SMILES string of the molecule is O=CC1(N2CCN(C(C(=O)NO)c3ccccc3)CC2)C=CC=C1. The highest BCUT2D eigenvalue weighted by atomic mass is 16.5. The number of piperazine rings is 1. The van der Waals surface area contributed by atoms with Crippen molar-refractivity contribution in [3.05, 3.63) is 60.2 Å². The van der Waals surface area contributed by atoms with Crippen molar-refractivity contribution in [3.63, 3.8) is 0 Å². The number of amides is 1. The van der Waals surface area contributed by atoms with Crippen LogP contribution in [0.15, 0.2) is 54.6 Å². The van der Waals surface area contributed by atoms with E-state index in [1.807, 2.05) is 59.5 Å². The molecule has 1 unspecified atom stereocenters. The van der Waals surface area contributed by atoms with Gasteiger partial charge < -0.3 is 4.79 Å². The molecule has 1 amide bonds. The Morgan fingerprint density at radius 1 is 1.12 bits per heavy atom.